The number of ketones is 2. The van der Waals surface area contributed by atoms with Crippen molar-refractivity contribution < 1.29 is 63.4 Å². The lowest BCUT2D eigenvalue weighted by molar-refractivity contribution is -0.395. The van der Waals surface area contributed by atoms with Gasteiger partial charge in [-0.05, 0) is 66.8 Å². The molecule has 30 nitrogen and oxygen atoms in total. The molecule has 30 heteroatoms. The molecule has 436 valence electrons. The molecule has 2 aliphatic heterocycles. The second-order valence-electron chi connectivity index (χ2n) is 20.0. The number of nitro groups is 5. The Balaban J connectivity index is 0.000000142. The Morgan fingerprint density at radius 3 is 1.48 bits per heavy atom. The van der Waals surface area contributed by atoms with Gasteiger partial charge in [0.15, 0.2) is 11.6 Å². The van der Waals surface area contributed by atoms with Crippen molar-refractivity contribution in [2.24, 2.45) is 7.05 Å². The van der Waals surface area contributed by atoms with Crippen LogP contribution >= 0.6 is 0 Å². The zero-order chi connectivity index (χ0) is 59.3. The number of hydrogen-bond donors (Lipinski definition) is 3. The van der Waals surface area contributed by atoms with E-state index >= 15 is 0 Å². The standard InChI is InChI=1S/C11H12N2O4.C9H10N2O3.C9H8N2O3.C9H12N2O.C8H12O3.C6H5N3O5/c14-13(15)9-5-8-6-11(16-3-4-17-11)2-1-10(8)12-7-9;2*12-8-1-2-9-6(4-8)3-7(5-10-9)11(13)14;10-7-3-6-4-8(12)1-2-9(6)11-5-7;9-7-1-3-8(4-2-7)10-5-6-11-8;1-7-3-4(8(11)12)2-5(6(7)10)9(13)14/h5,7H,1-4,6H2;3,5,8,12H,1-2,4H2;3,5H,1-2,4H2;3,5,8,12H,1-2,4,10H2;1-6H2;2-3H,1H3. The fourth-order valence-corrected chi connectivity index (χ4v) is 9.91. The van der Waals surface area contributed by atoms with Crippen molar-refractivity contribution in [3.05, 3.63) is 167 Å². The second-order valence-corrected chi connectivity index (χ2v) is 20.0. The molecule has 4 N–H and O–H groups in total. The van der Waals surface area contributed by atoms with E-state index in [-0.39, 0.29) is 47.3 Å². The van der Waals surface area contributed by atoms with E-state index in [4.69, 9.17) is 24.7 Å². The number of aromatic nitrogens is 5. The highest BCUT2D eigenvalue weighted by molar-refractivity contribution is 5.83. The molecule has 12 rings (SSSR count). The average Bonchev–Trinajstić information content (AvgIpc) is 4.31. The molecule has 5 aliphatic carbocycles. The minimum absolute atomic E-state index is 0.00199. The molecular formula is C52H59N11O19. The van der Waals surface area contributed by atoms with Crippen LogP contribution in [0, 0.1) is 50.6 Å². The number of pyridine rings is 5. The first-order valence-corrected chi connectivity index (χ1v) is 26.1. The monoisotopic (exact) mass is 1140 g/mol. The maximum Gasteiger partial charge on any atom is 0.340 e. The highest BCUT2D eigenvalue weighted by atomic mass is 16.7. The smallest absolute Gasteiger partial charge is 0.340 e. The average molecular weight is 1140 g/mol. The fourth-order valence-electron chi connectivity index (χ4n) is 9.91. The number of hydrogen-bond acceptors (Lipinski definition) is 24. The van der Waals surface area contributed by atoms with E-state index in [0.717, 1.165) is 88.8 Å². The summed E-state index contributed by atoms with van der Waals surface area (Å²) >= 11 is 0. The van der Waals surface area contributed by atoms with E-state index in [9.17, 15) is 75.2 Å². The molecule has 1 saturated carbocycles. The third-order valence-electron chi connectivity index (χ3n) is 14.2. The summed E-state index contributed by atoms with van der Waals surface area (Å²) in [5.74, 6) is -0.466. The Morgan fingerprint density at radius 1 is 0.524 bits per heavy atom. The molecule has 3 fully saturated rings. The third kappa shape index (κ3) is 16.3. The molecule has 5 aromatic heterocycles. The largest absolute Gasteiger partial charge is 0.397 e. The van der Waals surface area contributed by atoms with Crippen molar-refractivity contribution in [3.8, 4) is 0 Å². The van der Waals surface area contributed by atoms with Gasteiger partial charge in [0.1, 0.15) is 36.2 Å². The Hall–Kier alpha value is -8.55. The number of aliphatic hydroxyl groups is 2. The molecule has 2 saturated heterocycles. The minimum atomic E-state index is -0.949. The van der Waals surface area contributed by atoms with Crippen LogP contribution < -0.4 is 11.3 Å². The van der Waals surface area contributed by atoms with E-state index in [0.29, 0.717) is 107 Å². The minimum Gasteiger partial charge on any atom is -0.397 e. The van der Waals surface area contributed by atoms with Gasteiger partial charge in [-0.1, -0.05) is 0 Å². The number of fused-ring (bicyclic) bond motifs is 4. The van der Waals surface area contributed by atoms with Crippen molar-refractivity contribution in [1.29, 1.82) is 0 Å². The highest BCUT2D eigenvalue weighted by Crippen LogP contribution is 2.36. The molecule has 2 unspecified atom stereocenters. The lowest BCUT2D eigenvalue weighted by atomic mass is 9.90. The Labute approximate surface area is 465 Å². The van der Waals surface area contributed by atoms with Crippen LogP contribution in [0.1, 0.15) is 96.4 Å². The summed E-state index contributed by atoms with van der Waals surface area (Å²) in [5.41, 5.74) is 11.3. The molecule has 2 spiro atoms. The number of ether oxygens (including phenoxy) is 4. The Morgan fingerprint density at radius 2 is 0.963 bits per heavy atom. The van der Waals surface area contributed by atoms with Crippen LogP contribution in [0.2, 0.25) is 0 Å². The summed E-state index contributed by atoms with van der Waals surface area (Å²) in [7, 11) is 1.21. The molecule has 0 aromatic carbocycles. The van der Waals surface area contributed by atoms with Crippen LogP contribution in [0.4, 0.5) is 34.1 Å². The Bertz CT molecular complexity index is 3280. The number of aryl methyl sites for hydroxylation is 5. The summed E-state index contributed by atoms with van der Waals surface area (Å²) in [6.07, 6.45) is 16.3. The van der Waals surface area contributed by atoms with Crippen LogP contribution in [0.5, 0.6) is 0 Å². The predicted octanol–water partition coefficient (Wildman–Crippen LogP) is 4.70. The van der Waals surface area contributed by atoms with Crippen molar-refractivity contribution >= 4 is 45.7 Å². The van der Waals surface area contributed by atoms with Gasteiger partial charge in [-0.2, -0.15) is 0 Å². The zero-order valence-electron chi connectivity index (χ0n) is 44.5. The van der Waals surface area contributed by atoms with Gasteiger partial charge in [0.2, 0.25) is 0 Å². The summed E-state index contributed by atoms with van der Waals surface area (Å²) in [6, 6.07) is 7.07. The zero-order valence-corrected chi connectivity index (χ0v) is 44.5. The van der Waals surface area contributed by atoms with Crippen LogP contribution in [-0.4, -0.2) is 121 Å². The molecule has 0 radical (unpaired) electrons. The molecule has 0 bridgehead atoms. The Kier molecular flexibility index (Phi) is 20.3. The molecule has 5 aromatic rings. The molecule has 2 atom stereocenters. The van der Waals surface area contributed by atoms with Gasteiger partial charge in [0.05, 0.1) is 81.3 Å². The number of aliphatic hydroxyl groups excluding tert-OH is 2. The van der Waals surface area contributed by atoms with Crippen LogP contribution in [0.25, 0.3) is 0 Å². The van der Waals surface area contributed by atoms with E-state index < -0.39 is 47.3 Å². The van der Waals surface area contributed by atoms with Crippen LogP contribution in [-0.2, 0) is 87.0 Å². The lowest BCUT2D eigenvalue weighted by Gasteiger charge is -2.31. The first-order valence-electron chi connectivity index (χ1n) is 26.1. The van der Waals surface area contributed by atoms with Crippen LogP contribution in [0.3, 0.4) is 0 Å². The second kappa shape index (κ2) is 27.3. The van der Waals surface area contributed by atoms with Gasteiger partial charge >= 0.3 is 11.2 Å². The highest BCUT2D eigenvalue weighted by Gasteiger charge is 2.41. The van der Waals surface area contributed by atoms with E-state index in [1.807, 2.05) is 6.07 Å². The van der Waals surface area contributed by atoms with E-state index in [1.165, 1.54) is 37.8 Å². The molecular weight excluding hydrogens is 1080 g/mol. The summed E-state index contributed by atoms with van der Waals surface area (Å²) in [6.45, 7) is 2.57. The van der Waals surface area contributed by atoms with Gasteiger partial charge in [0, 0.05) is 112 Å². The molecule has 82 heavy (non-hydrogen) atoms. The number of Topliss-reactive ketones (excluding diaryl/α,β-unsaturated/α-hetero) is 2. The predicted molar refractivity (Wildman–Crippen MR) is 284 cm³/mol. The van der Waals surface area contributed by atoms with Gasteiger partial charge in [-0.25, -0.2) is 0 Å². The van der Waals surface area contributed by atoms with Crippen molar-refractivity contribution in [2.45, 2.75) is 127 Å². The van der Waals surface area contributed by atoms with Gasteiger partial charge in [-0.15, -0.1) is 0 Å². The van der Waals surface area contributed by atoms with Crippen molar-refractivity contribution in [3.63, 3.8) is 0 Å². The normalized spacial score (nSPS) is 19.3. The number of nitrogen functional groups attached to an aromatic ring is 1. The number of carbonyl (C=O) groups is 2. The summed E-state index contributed by atoms with van der Waals surface area (Å²) < 4.78 is 22.9. The summed E-state index contributed by atoms with van der Waals surface area (Å²) in [5, 5.41) is 71.0. The quantitative estimate of drug-likeness (QED) is 0.159. The topological polar surface area (TPSA) is 427 Å². The number of nitrogens with two attached hydrogens (primary N) is 1. The number of nitrogens with zero attached hydrogens (tertiary/aromatic N) is 10. The van der Waals surface area contributed by atoms with Gasteiger partial charge < -0.3 is 39.5 Å². The molecule has 7 heterocycles. The van der Waals surface area contributed by atoms with Crippen LogP contribution in [0.15, 0.2) is 66.1 Å². The summed E-state index contributed by atoms with van der Waals surface area (Å²) in [4.78, 5) is 98.6. The molecule has 0 amide bonds. The lowest BCUT2D eigenvalue weighted by Crippen LogP contribution is -2.37. The van der Waals surface area contributed by atoms with E-state index in [1.54, 1.807) is 12.3 Å². The third-order valence-corrected chi connectivity index (χ3v) is 14.2. The van der Waals surface area contributed by atoms with Crippen molar-refractivity contribution in [1.82, 2.24) is 24.5 Å². The number of anilines is 1. The van der Waals surface area contributed by atoms with Gasteiger partial charge in [-0.3, -0.25) is 84.9 Å². The first-order chi connectivity index (χ1) is 39.0. The van der Waals surface area contributed by atoms with Gasteiger partial charge in [0.25, 0.3) is 22.7 Å². The SMILES string of the molecule is Cn1cc([N+](=O)[O-])cc([N+](=O)[O-])c1=O.Nc1cnc2c(c1)CC(O)CC2.O=C1CCC2(CC1)OCCO2.O=C1CCc2ncc([N+](=O)[O-])cc2C1.O=[N+]([O-])c1cnc2c(c1)CC(O)CC2.O=[N+]([O-])c1cnc2c(c1)CC1(CC2)OCCO1. The first kappa shape index (κ1) is 61.1. The number of carbonyl (C=O) groups excluding carboxylic acids is 2. The van der Waals surface area contributed by atoms with E-state index in [2.05, 4.69) is 19.9 Å². The maximum absolute atomic E-state index is 11.1. The molecule has 7 aliphatic rings. The van der Waals surface area contributed by atoms with Crippen molar-refractivity contribution in [2.75, 3.05) is 32.2 Å². The number of rotatable bonds is 5. The maximum atomic E-state index is 11.1. The fraction of sp³-hybridized carbons (Fsp3) is 0.481.